The number of nitrogens with zero attached hydrogens (tertiary/aromatic N) is 1. The molecule has 100 valence electrons. The van der Waals surface area contributed by atoms with Crippen molar-refractivity contribution in [2.24, 2.45) is 5.73 Å². The van der Waals surface area contributed by atoms with E-state index in [1.807, 2.05) is 32.0 Å². The molecule has 2 N–H and O–H groups in total. The summed E-state index contributed by atoms with van der Waals surface area (Å²) in [4.78, 5) is 4.44. The van der Waals surface area contributed by atoms with Crippen molar-refractivity contribution in [3.05, 3.63) is 52.7 Å². The lowest BCUT2D eigenvalue weighted by molar-refractivity contribution is 0.454. The lowest BCUT2D eigenvalue weighted by atomic mass is 10.1. The van der Waals surface area contributed by atoms with Gasteiger partial charge in [-0.3, -0.25) is 0 Å². The number of aryl methyl sites for hydroxylation is 3. The summed E-state index contributed by atoms with van der Waals surface area (Å²) in [6, 6.07) is 10.1. The van der Waals surface area contributed by atoms with Gasteiger partial charge in [0.05, 0.1) is 0 Å². The van der Waals surface area contributed by atoms with E-state index < -0.39 is 0 Å². The summed E-state index contributed by atoms with van der Waals surface area (Å²) in [5.41, 5.74) is 10.1. The molecule has 2 aromatic rings. The van der Waals surface area contributed by atoms with Crippen LogP contribution in [0.1, 0.15) is 29.3 Å². The molecule has 3 heteroatoms. The van der Waals surface area contributed by atoms with E-state index in [0.29, 0.717) is 12.4 Å². The van der Waals surface area contributed by atoms with Crippen molar-refractivity contribution >= 4 is 0 Å². The minimum absolute atomic E-state index is 0.432. The molecule has 0 aliphatic rings. The Kier molecular flexibility index (Phi) is 4.17. The van der Waals surface area contributed by atoms with E-state index in [1.54, 1.807) is 0 Å². The van der Waals surface area contributed by atoms with Gasteiger partial charge >= 0.3 is 0 Å². The van der Waals surface area contributed by atoms with E-state index in [9.17, 15) is 0 Å². The molecule has 0 atom stereocenters. The number of benzene rings is 1. The average Bonchev–Trinajstić information content (AvgIpc) is 2.39. The van der Waals surface area contributed by atoms with Crippen molar-refractivity contribution in [3.8, 4) is 11.6 Å². The predicted octanol–water partition coefficient (Wildman–Crippen LogP) is 3.51. The standard InChI is InChI=1S/C16H20N2O/c1-4-13-5-7-14(8-6-13)19-16-15(10-17)11(2)9-12(3)18-16/h5-9H,4,10,17H2,1-3H3. The second-order valence-electron chi connectivity index (χ2n) is 4.67. The minimum atomic E-state index is 0.432. The van der Waals surface area contributed by atoms with Crippen LogP contribution in [-0.2, 0) is 13.0 Å². The highest BCUT2D eigenvalue weighted by Crippen LogP contribution is 2.26. The third-order valence-corrected chi connectivity index (χ3v) is 3.19. The Hall–Kier alpha value is -1.87. The lowest BCUT2D eigenvalue weighted by Gasteiger charge is -2.12. The first-order valence-corrected chi connectivity index (χ1v) is 6.58. The van der Waals surface area contributed by atoms with E-state index in [4.69, 9.17) is 10.5 Å². The zero-order valence-electron chi connectivity index (χ0n) is 11.7. The van der Waals surface area contributed by atoms with E-state index in [2.05, 4.69) is 24.0 Å². The maximum absolute atomic E-state index is 5.87. The zero-order valence-corrected chi connectivity index (χ0v) is 11.7. The molecule has 0 aliphatic heterocycles. The number of hydrogen-bond acceptors (Lipinski definition) is 3. The van der Waals surface area contributed by atoms with E-state index >= 15 is 0 Å². The molecule has 0 spiro atoms. The molecule has 1 heterocycles. The second-order valence-corrected chi connectivity index (χ2v) is 4.67. The number of ether oxygens (including phenoxy) is 1. The van der Waals surface area contributed by atoms with Crippen molar-refractivity contribution < 1.29 is 4.74 Å². The van der Waals surface area contributed by atoms with Crippen LogP contribution in [0.5, 0.6) is 11.6 Å². The van der Waals surface area contributed by atoms with Crippen LogP contribution in [-0.4, -0.2) is 4.98 Å². The molecular formula is C16H20N2O. The van der Waals surface area contributed by atoms with Crippen LogP contribution in [0.3, 0.4) is 0 Å². The summed E-state index contributed by atoms with van der Waals surface area (Å²) >= 11 is 0. The predicted molar refractivity (Wildman–Crippen MR) is 77.5 cm³/mol. The van der Waals surface area contributed by atoms with Gasteiger partial charge in [-0.05, 0) is 49.6 Å². The maximum atomic E-state index is 5.87. The molecule has 0 saturated heterocycles. The van der Waals surface area contributed by atoms with Crippen molar-refractivity contribution in [1.82, 2.24) is 4.98 Å². The fraction of sp³-hybridized carbons (Fsp3) is 0.312. The maximum Gasteiger partial charge on any atom is 0.224 e. The van der Waals surface area contributed by atoms with E-state index in [1.165, 1.54) is 5.56 Å². The highest BCUT2D eigenvalue weighted by molar-refractivity contribution is 5.39. The SMILES string of the molecule is CCc1ccc(Oc2nc(C)cc(C)c2CN)cc1. The van der Waals surface area contributed by atoms with Gasteiger partial charge in [-0.15, -0.1) is 0 Å². The van der Waals surface area contributed by atoms with Gasteiger partial charge in [0, 0.05) is 17.8 Å². The van der Waals surface area contributed by atoms with Crippen LogP contribution in [0.4, 0.5) is 0 Å². The first-order valence-electron chi connectivity index (χ1n) is 6.58. The van der Waals surface area contributed by atoms with Gasteiger partial charge in [-0.2, -0.15) is 0 Å². The average molecular weight is 256 g/mol. The molecule has 1 aromatic carbocycles. The molecule has 19 heavy (non-hydrogen) atoms. The first-order chi connectivity index (χ1) is 9.13. The molecule has 0 amide bonds. The molecule has 0 unspecified atom stereocenters. The third kappa shape index (κ3) is 3.12. The highest BCUT2D eigenvalue weighted by atomic mass is 16.5. The second kappa shape index (κ2) is 5.85. The normalized spacial score (nSPS) is 10.5. The van der Waals surface area contributed by atoms with Gasteiger partial charge in [0.1, 0.15) is 5.75 Å². The minimum Gasteiger partial charge on any atom is -0.439 e. The van der Waals surface area contributed by atoms with Gasteiger partial charge in [-0.25, -0.2) is 4.98 Å². The van der Waals surface area contributed by atoms with Gasteiger partial charge in [0.15, 0.2) is 0 Å². The lowest BCUT2D eigenvalue weighted by Crippen LogP contribution is -2.05. The van der Waals surface area contributed by atoms with Crippen LogP contribution >= 0.6 is 0 Å². The van der Waals surface area contributed by atoms with E-state index in [0.717, 1.165) is 29.0 Å². The number of hydrogen-bond donors (Lipinski definition) is 1. The first kappa shape index (κ1) is 13.6. The van der Waals surface area contributed by atoms with Gasteiger partial charge < -0.3 is 10.5 Å². The summed E-state index contributed by atoms with van der Waals surface area (Å²) in [5.74, 6) is 1.41. The van der Waals surface area contributed by atoms with Crippen LogP contribution < -0.4 is 10.5 Å². The van der Waals surface area contributed by atoms with Crippen molar-refractivity contribution in [2.45, 2.75) is 33.7 Å². The molecule has 0 radical (unpaired) electrons. The fourth-order valence-corrected chi connectivity index (χ4v) is 2.07. The summed E-state index contributed by atoms with van der Waals surface area (Å²) in [5, 5.41) is 0. The Bertz CT molecular complexity index is 562. The Balaban J connectivity index is 2.31. The number of nitrogens with two attached hydrogens (primary N) is 1. The highest BCUT2D eigenvalue weighted by Gasteiger charge is 2.09. The van der Waals surface area contributed by atoms with Gasteiger partial charge in [0.25, 0.3) is 0 Å². The molecule has 0 bridgehead atoms. The van der Waals surface area contributed by atoms with Crippen molar-refractivity contribution in [2.75, 3.05) is 0 Å². The van der Waals surface area contributed by atoms with Gasteiger partial charge in [0.2, 0.25) is 5.88 Å². The summed E-state index contributed by atoms with van der Waals surface area (Å²) in [6.07, 6.45) is 1.02. The van der Waals surface area contributed by atoms with Crippen LogP contribution in [0.2, 0.25) is 0 Å². The van der Waals surface area contributed by atoms with Crippen molar-refractivity contribution in [3.63, 3.8) is 0 Å². The Morgan fingerprint density at radius 3 is 2.42 bits per heavy atom. The number of aromatic nitrogens is 1. The summed E-state index contributed by atoms with van der Waals surface area (Å²) in [6.45, 7) is 6.56. The quantitative estimate of drug-likeness (QED) is 0.910. The third-order valence-electron chi connectivity index (χ3n) is 3.19. The molecule has 1 aromatic heterocycles. The topological polar surface area (TPSA) is 48.1 Å². The van der Waals surface area contributed by atoms with Crippen LogP contribution in [0, 0.1) is 13.8 Å². The monoisotopic (exact) mass is 256 g/mol. The zero-order chi connectivity index (χ0) is 13.8. The summed E-state index contributed by atoms with van der Waals surface area (Å²) < 4.78 is 5.87. The van der Waals surface area contributed by atoms with Crippen LogP contribution in [0.15, 0.2) is 30.3 Å². The Morgan fingerprint density at radius 2 is 1.84 bits per heavy atom. The molecular weight excluding hydrogens is 236 g/mol. The van der Waals surface area contributed by atoms with Crippen molar-refractivity contribution in [1.29, 1.82) is 0 Å². The van der Waals surface area contributed by atoms with Crippen LogP contribution in [0.25, 0.3) is 0 Å². The number of pyridine rings is 1. The molecule has 0 saturated carbocycles. The van der Waals surface area contributed by atoms with E-state index in [-0.39, 0.29) is 0 Å². The Labute approximate surface area is 114 Å². The fourth-order valence-electron chi connectivity index (χ4n) is 2.07. The molecule has 0 fully saturated rings. The smallest absolute Gasteiger partial charge is 0.224 e. The number of rotatable bonds is 4. The largest absolute Gasteiger partial charge is 0.439 e. The van der Waals surface area contributed by atoms with Gasteiger partial charge in [-0.1, -0.05) is 19.1 Å². The molecule has 0 aliphatic carbocycles. The molecule has 3 nitrogen and oxygen atoms in total. The molecule has 2 rings (SSSR count). The Morgan fingerprint density at radius 1 is 1.16 bits per heavy atom. The summed E-state index contributed by atoms with van der Waals surface area (Å²) in [7, 11) is 0.